The van der Waals surface area contributed by atoms with Gasteiger partial charge in [0.15, 0.2) is 6.29 Å². The van der Waals surface area contributed by atoms with Crippen molar-refractivity contribution in [3.63, 3.8) is 0 Å². The van der Waals surface area contributed by atoms with Crippen molar-refractivity contribution in [3.05, 3.63) is 24.3 Å². The summed E-state index contributed by atoms with van der Waals surface area (Å²) >= 11 is 0. The summed E-state index contributed by atoms with van der Waals surface area (Å²) in [4.78, 5) is 13.0. The van der Waals surface area contributed by atoms with E-state index in [4.69, 9.17) is 9.47 Å². The van der Waals surface area contributed by atoms with Crippen molar-refractivity contribution in [1.29, 1.82) is 0 Å². The van der Waals surface area contributed by atoms with Gasteiger partial charge in [0, 0.05) is 6.42 Å². The lowest BCUT2D eigenvalue weighted by atomic mass is 9.99. The SMILES string of the molecule is CCCCCCCC/C=C\C/C=C\CCC(=O)NC(COC1OC(CO)C(O)C(OS(=O)(=O)O)C1O)C(O)CCCCCCCCCCCCCCCCCCCCCCCCCC. The molecule has 0 spiro atoms. The predicted octanol–water partition coefficient (Wildman–Crippen LogP) is 11.3. The van der Waals surface area contributed by atoms with Crippen LogP contribution in [-0.4, -0.2) is 95.4 Å². The van der Waals surface area contributed by atoms with Crippen LogP contribution in [0.5, 0.6) is 0 Å². The molecule has 13 heteroatoms. The third kappa shape index (κ3) is 34.0. The molecule has 0 aliphatic carbocycles. The van der Waals surface area contributed by atoms with E-state index in [0.717, 1.165) is 38.5 Å². The first-order valence-electron chi connectivity index (χ1n) is 26.2. The van der Waals surface area contributed by atoms with Crippen molar-refractivity contribution in [3.8, 4) is 0 Å². The summed E-state index contributed by atoms with van der Waals surface area (Å²) < 4.78 is 47.7. The van der Waals surface area contributed by atoms with Gasteiger partial charge in [-0.3, -0.25) is 9.35 Å². The molecule has 1 aliphatic rings. The Hall–Kier alpha value is -1.42. The van der Waals surface area contributed by atoms with Gasteiger partial charge in [-0.15, -0.1) is 0 Å². The van der Waals surface area contributed by atoms with Crippen LogP contribution in [0.1, 0.15) is 239 Å². The fourth-order valence-corrected chi connectivity index (χ4v) is 8.96. The molecule has 378 valence electrons. The monoisotopic (exact) mass is 932 g/mol. The van der Waals surface area contributed by atoms with Crippen LogP contribution in [-0.2, 0) is 28.9 Å². The molecule has 12 nitrogen and oxygen atoms in total. The van der Waals surface area contributed by atoms with Crippen LogP contribution in [0.4, 0.5) is 0 Å². The van der Waals surface area contributed by atoms with Crippen LogP contribution < -0.4 is 5.32 Å². The molecular weight excluding hydrogens is 835 g/mol. The first kappa shape index (κ1) is 60.6. The molecule has 1 amide bonds. The second-order valence-electron chi connectivity index (χ2n) is 18.5. The van der Waals surface area contributed by atoms with Gasteiger partial charge in [0.25, 0.3) is 0 Å². The summed E-state index contributed by atoms with van der Waals surface area (Å²) in [5.74, 6) is -0.295. The molecule has 7 unspecified atom stereocenters. The van der Waals surface area contributed by atoms with Gasteiger partial charge >= 0.3 is 10.4 Å². The lowest BCUT2D eigenvalue weighted by molar-refractivity contribution is -0.298. The lowest BCUT2D eigenvalue weighted by Gasteiger charge is -2.41. The minimum atomic E-state index is -5.08. The molecule has 1 aliphatic heterocycles. The summed E-state index contributed by atoms with van der Waals surface area (Å²) in [5.41, 5.74) is 0. The number of carbonyl (C=O) groups is 1. The highest BCUT2D eigenvalue weighted by Gasteiger charge is 2.48. The molecular formula is C51H97NO11S. The molecule has 1 rings (SSSR count). The van der Waals surface area contributed by atoms with E-state index in [-0.39, 0.29) is 18.9 Å². The molecule has 1 fully saturated rings. The lowest BCUT2D eigenvalue weighted by Crippen LogP contribution is -2.61. The predicted molar refractivity (Wildman–Crippen MR) is 259 cm³/mol. The van der Waals surface area contributed by atoms with E-state index < -0.39 is 59.9 Å². The maximum absolute atomic E-state index is 13.0. The summed E-state index contributed by atoms with van der Waals surface area (Å²) in [6, 6.07) is -0.887. The molecule has 0 aromatic heterocycles. The topological polar surface area (TPSA) is 192 Å². The normalized spacial score (nSPS) is 20.4. The number of aliphatic hydroxyl groups excluding tert-OH is 4. The smallest absolute Gasteiger partial charge is 0.394 e. The Kier molecular flexibility index (Phi) is 39.5. The number of rotatable bonds is 45. The van der Waals surface area contributed by atoms with E-state index in [9.17, 15) is 38.2 Å². The van der Waals surface area contributed by atoms with E-state index in [1.165, 1.54) is 167 Å². The summed E-state index contributed by atoms with van der Waals surface area (Å²) in [5, 5.41) is 44.9. The maximum Gasteiger partial charge on any atom is 0.397 e. The van der Waals surface area contributed by atoms with Gasteiger partial charge in [0.2, 0.25) is 5.91 Å². The van der Waals surface area contributed by atoms with Gasteiger partial charge < -0.3 is 35.2 Å². The van der Waals surface area contributed by atoms with Crippen LogP contribution in [0.2, 0.25) is 0 Å². The Labute approximate surface area is 391 Å². The van der Waals surface area contributed by atoms with E-state index in [1.54, 1.807) is 0 Å². The average molecular weight is 932 g/mol. The third-order valence-electron chi connectivity index (χ3n) is 12.5. The number of unbranched alkanes of at least 4 members (excludes halogenated alkanes) is 29. The number of hydrogen-bond acceptors (Lipinski definition) is 10. The standard InChI is InChI=1S/C51H97NO11S/c1-3-5-7-9-11-13-15-17-18-19-20-21-22-23-24-25-26-27-29-30-32-34-36-38-40-45(54)44(43-61-51-49(57)50(63-64(58,59)60)48(56)46(42-53)62-51)52-47(55)41-39-37-35-33-31-28-16-14-12-10-8-6-4-2/h28,31,35,37,44-46,48-51,53-54,56-57H,3-27,29-30,32-34,36,38-43H2,1-2H3,(H,52,55)(H,58,59,60)/b31-28-,37-35-. The van der Waals surface area contributed by atoms with E-state index in [0.29, 0.717) is 12.8 Å². The van der Waals surface area contributed by atoms with Crippen molar-refractivity contribution in [2.45, 2.75) is 281 Å². The van der Waals surface area contributed by atoms with Crippen molar-refractivity contribution in [2.75, 3.05) is 13.2 Å². The van der Waals surface area contributed by atoms with E-state index in [1.807, 2.05) is 12.2 Å². The number of nitrogens with one attached hydrogen (secondary N) is 1. The summed E-state index contributed by atoms with van der Waals surface area (Å²) in [6.45, 7) is 3.42. The Bertz CT molecular complexity index is 1230. The van der Waals surface area contributed by atoms with E-state index in [2.05, 4.69) is 35.5 Å². The molecule has 0 aromatic carbocycles. The van der Waals surface area contributed by atoms with Gasteiger partial charge in [-0.1, -0.05) is 224 Å². The molecule has 6 N–H and O–H groups in total. The maximum atomic E-state index is 13.0. The van der Waals surface area contributed by atoms with Crippen LogP contribution in [0.15, 0.2) is 24.3 Å². The van der Waals surface area contributed by atoms with Gasteiger partial charge in [-0.05, 0) is 32.1 Å². The van der Waals surface area contributed by atoms with Crippen molar-refractivity contribution in [1.82, 2.24) is 5.32 Å². The van der Waals surface area contributed by atoms with Crippen molar-refractivity contribution >= 4 is 16.3 Å². The molecule has 0 bridgehead atoms. The zero-order valence-electron chi connectivity index (χ0n) is 40.6. The van der Waals surface area contributed by atoms with Crippen LogP contribution in [0.3, 0.4) is 0 Å². The first-order chi connectivity index (χ1) is 31.0. The molecule has 7 atom stereocenters. The molecule has 0 radical (unpaired) electrons. The molecule has 0 saturated carbocycles. The highest BCUT2D eigenvalue weighted by atomic mass is 32.3. The molecule has 1 heterocycles. The second-order valence-corrected chi connectivity index (χ2v) is 19.5. The van der Waals surface area contributed by atoms with Crippen molar-refractivity contribution in [2.24, 2.45) is 0 Å². The van der Waals surface area contributed by atoms with Crippen LogP contribution in [0, 0.1) is 0 Å². The quantitative estimate of drug-likeness (QED) is 0.0193. The Morgan fingerprint density at radius 3 is 1.48 bits per heavy atom. The number of amides is 1. The minimum Gasteiger partial charge on any atom is -0.394 e. The van der Waals surface area contributed by atoms with Crippen molar-refractivity contribution < 1.29 is 51.8 Å². The summed E-state index contributed by atoms with van der Waals surface area (Å²) in [7, 11) is -5.08. The first-order valence-corrected chi connectivity index (χ1v) is 27.6. The fraction of sp³-hybridized carbons (Fsp3) is 0.902. The van der Waals surface area contributed by atoms with Gasteiger partial charge in [0.05, 0.1) is 25.4 Å². The zero-order chi connectivity index (χ0) is 46.9. The van der Waals surface area contributed by atoms with Gasteiger partial charge in [-0.25, -0.2) is 4.18 Å². The second kappa shape index (κ2) is 41.7. The number of hydrogen-bond donors (Lipinski definition) is 6. The largest absolute Gasteiger partial charge is 0.397 e. The molecule has 64 heavy (non-hydrogen) atoms. The Balaban J connectivity index is 2.39. The zero-order valence-corrected chi connectivity index (χ0v) is 41.4. The summed E-state index contributed by atoms with van der Waals surface area (Å²) in [6.07, 6.45) is 40.6. The van der Waals surface area contributed by atoms with Crippen LogP contribution >= 0.6 is 0 Å². The Morgan fingerprint density at radius 2 is 1.05 bits per heavy atom. The molecule has 1 saturated heterocycles. The molecule has 0 aromatic rings. The highest BCUT2D eigenvalue weighted by molar-refractivity contribution is 7.80. The minimum absolute atomic E-state index is 0.187. The van der Waals surface area contributed by atoms with Gasteiger partial charge in [0.1, 0.15) is 24.4 Å². The average Bonchev–Trinajstić information content (AvgIpc) is 3.27. The highest BCUT2D eigenvalue weighted by Crippen LogP contribution is 2.26. The number of ether oxygens (including phenoxy) is 2. The van der Waals surface area contributed by atoms with E-state index >= 15 is 0 Å². The van der Waals surface area contributed by atoms with Gasteiger partial charge in [-0.2, -0.15) is 8.42 Å². The number of carbonyl (C=O) groups excluding carboxylic acids is 1. The number of allylic oxidation sites excluding steroid dienone is 4. The number of aliphatic hydroxyl groups is 4. The third-order valence-corrected chi connectivity index (χ3v) is 13.0. The van der Waals surface area contributed by atoms with Crippen LogP contribution in [0.25, 0.3) is 0 Å². The Morgan fingerprint density at radius 1 is 0.625 bits per heavy atom. The fourth-order valence-electron chi connectivity index (χ4n) is 8.45.